The fraction of sp³-hybridized carbons (Fsp3) is 0.588. The number of piperidine rings is 1. The van der Waals surface area contributed by atoms with Crippen molar-refractivity contribution in [3.63, 3.8) is 0 Å². The molecule has 2 saturated heterocycles. The Labute approximate surface area is 147 Å². The highest BCUT2D eigenvalue weighted by Crippen LogP contribution is 2.48. The zero-order valence-corrected chi connectivity index (χ0v) is 14.9. The second-order valence-electron chi connectivity index (χ2n) is 6.87. The third kappa shape index (κ3) is 2.93. The summed E-state index contributed by atoms with van der Waals surface area (Å²) in [6, 6.07) is 9.34. The zero-order chi connectivity index (χ0) is 14.4. The first-order valence-electron chi connectivity index (χ1n) is 7.99. The maximum absolute atomic E-state index is 12.8. The van der Waals surface area contributed by atoms with E-state index in [2.05, 4.69) is 10.6 Å². The number of carbonyl (C=O) groups excluding carboxylic acids is 1. The molecular weight excluding hydrogens is 364 g/mol. The Morgan fingerprint density at radius 3 is 2.27 bits per heavy atom. The SMILES string of the molecule is Br.O=C(NC1C[C@H]2CC[C@@H](C1)N2)C1(c2ccc(Cl)cc2)CC1. The van der Waals surface area contributed by atoms with Gasteiger partial charge in [0.2, 0.25) is 5.91 Å². The Morgan fingerprint density at radius 1 is 1.14 bits per heavy atom. The van der Waals surface area contributed by atoms with Gasteiger partial charge in [-0.1, -0.05) is 23.7 Å². The minimum atomic E-state index is -0.283. The van der Waals surface area contributed by atoms with Crippen molar-refractivity contribution >= 4 is 34.5 Å². The molecule has 1 amide bonds. The average molecular weight is 386 g/mol. The normalized spacial score (nSPS) is 31.2. The van der Waals surface area contributed by atoms with Gasteiger partial charge in [-0.2, -0.15) is 0 Å². The molecule has 2 aliphatic heterocycles. The molecule has 0 aromatic heterocycles. The van der Waals surface area contributed by atoms with Crippen LogP contribution < -0.4 is 10.6 Å². The van der Waals surface area contributed by atoms with E-state index in [0.29, 0.717) is 18.1 Å². The lowest BCUT2D eigenvalue weighted by Gasteiger charge is -2.31. The minimum Gasteiger partial charge on any atom is -0.352 e. The fourth-order valence-corrected chi connectivity index (χ4v) is 4.17. The molecule has 3 atom stereocenters. The lowest BCUT2D eigenvalue weighted by atomic mass is 9.93. The summed E-state index contributed by atoms with van der Waals surface area (Å²) in [7, 11) is 0. The largest absolute Gasteiger partial charge is 0.352 e. The van der Waals surface area contributed by atoms with Crippen LogP contribution in [0.15, 0.2) is 24.3 Å². The number of amides is 1. The van der Waals surface area contributed by atoms with E-state index in [0.717, 1.165) is 36.3 Å². The summed E-state index contributed by atoms with van der Waals surface area (Å²) < 4.78 is 0. The molecule has 22 heavy (non-hydrogen) atoms. The third-order valence-corrected chi connectivity index (χ3v) is 5.64. The van der Waals surface area contributed by atoms with Gasteiger partial charge in [0.15, 0.2) is 0 Å². The number of halogens is 2. The maximum Gasteiger partial charge on any atom is 0.230 e. The Bertz CT molecular complexity index is 546. The topological polar surface area (TPSA) is 41.1 Å². The Kier molecular flexibility index (Phi) is 4.54. The predicted molar refractivity (Wildman–Crippen MR) is 93.8 cm³/mol. The highest BCUT2D eigenvalue weighted by Gasteiger charge is 2.52. The van der Waals surface area contributed by atoms with Gasteiger partial charge in [0, 0.05) is 23.1 Å². The summed E-state index contributed by atoms with van der Waals surface area (Å²) in [5.41, 5.74) is 0.829. The zero-order valence-electron chi connectivity index (χ0n) is 12.5. The third-order valence-electron chi connectivity index (χ3n) is 5.39. The van der Waals surface area contributed by atoms with Crippen molar-refractivity contribution in [1.29, 1.82) is 0 Å². The van der Waals surface area contributed by atoms with Crippen molar-refractivity contribution in [3.05, 3.63) is 34.9 Å². The van der Waals surface area contributed by atoms with Crippen LogP contribution >= 0.6 is 28.6 Å². The highest BCUT2D eigenvalue weighted by atomic mass is 79.9. The molecule has 2 N–H and O–H groups in total. The van der Waals surface area contributed by atoms with Crippen LogP contribution in [0.4, 0.5) is 0 Å². The molecule has 1 aromatic rings. The summed E-state index contributed by atoms with van der Waals surface area (Å²) in [5, 5.41) is 7.67. The molecule has 1 aliphatic carbocycles. The van der Waals surface area contributed by atoms with Crippen molar-refractivity contribution in [2.45, 2.75) is 62.1 Å². The van der Waals surface area contributed by atoms with Crippen LogP contribution in [-0.4, -0.2) is 24.0 Å². The predicted octanol–water partition coefficient (Wildman–Crippen LogP) is 3.35. The molecule has 0 spiro atoms. The molecule has 3 aliphatic rings. The van der Waals surface area contributed by atoms with E-state index in [1.807, 2.05) is 24.3 Å². The number of nitrogens with one attached hydrogen (secondary N) is 2. The summed E-state index contributed by atoms with van der Waals surface area (Å²) in [5.74, 6) is 0.219. The number of fused-ring (bicyclic) bond motifs is 2. The summed E-state index contributed by atoms with van der Waals surface area (Å²) in [4.78, 5) is 12.8. The molecule has 3 nitrogen and oxygen atoms in total. The van der Waals surface area contributed by atoms with Gasteiger partial charge in [-0.15, -0.1) is 17.0 Å². The van der Waals surface area contributed by atoms with Crippen LogP contribution in [0.1, 0.15) is 44.1 Å². The van der Waals surface area contributed by atoms with E-state index in [1.165, 1.54) is 12.8 Å². The molecule has 3 fully saturated rings. The van der Waals surface area contributed by atoms with Crippen LogP contribution in [0.5, 0.6) is 0 Å². The van der Waals surface area contributed by atoms with Gasteiger partial charge in [-0.05, 0) is 56.2 Å². The van der Waals surface area contributed by atoms with Crippen molar-refractivity contribution in [2.75, 3.05) is 0 Å². The molecule has 5 heteroatoms. The van der Waals surface area contributed by atoms with Gasteiger partial charge in [-0.3, -0.25) is 4.79 Å². The quantitative estimate of drug-likeness (QED) is 0.838. The van der Waals surface area contributed by atoms with Gasteiger partial charge in [0.05, 0.1) is 5.41 Å². The standard InChI is InChI=1S/C17H21ClN2O.BrH/c18-12-3-1-11(2-4-12)17(7-8-17)16(21)20-15-9-13-5-6-14(10-15)19-13;/h1-4,13-15,19H,5-10H2,(H,20,21);1H/t13-,14+,15?;. The van der Waals surface area contributed by atoms with E-state index in [9.17, 15) is 4.79 Å². The molecular formula is C17H22BrClN2O. The molecule has 4 rings (SSSR count). The van der Waals surface area contributed by atoms with Crippen molar-refractivity contribution in [1.82, 2.24) is 10.6 Å². The fourth-order valence-electron chi connectivity index (χ4n) is 4.04. The summed E-state index contributed by atoms with van der Waals surface area (Å²) >= 11 is 5.95. The number of hydrogen-bond donors (Lipinski definition) is 2. The molecule has 2 heterocycles. The number of rotatable bonds is 3. The minimum absolute atomic E-state index is 0. The monoisotopic (exact) mass is 384 g/mol. The molecule has 1 saturated carbocycles. The number of hydrogen-bond acceptors (Lipinski definition) is 2. The van der Waals surface area contributed by atoms with Gasteiger partial charge < -0.3 is 10.6 Å². The van der Waals surface area contributed by atoms with E-state index >= 15 is 0 Å². The lowest BCUT2D eigenvalue weighted by molar-refractivity contribution is -0.124. The van der Waals surface area contributed by atoms with Gasteiger partial charge in [0.25, 0.3) is 0 Å². The Hall–Kier alpha value is -0.580. The van der Waals surface area contributed by atoms with Crippen LogP contribution in [0, 0.1) is 0 Å². The second-order valence-corrected chi connectivity index (χ2v) is 7.31. The molecule has 2 bridgehead atoms. The summed E-state index contributed by atoms with van der Waals surface area (Å²) in [6.07, 6.45) is 6.60. The number of benzene rings is 1. The van der Waals surface area contributed by atoms with Gasteiger partial charge >= 0.3 is 0 Å². The van der Waals surface area contributed by atoms with E-state index < -0.39 is 0 Å². The maximum atomic E-state index is 12.8. The number of carbonyl (C=O) groups is 1. The summed E-state index contributed by atoms with van der Waals surface area (Å²) in [6.45, 7) is 0. The van der Waals surface area contributed by atoms with Crippen LogP contribution in [-0.2, 0) is 10.2 Å². The van der Waals surface area contributed by atoms with Gasteiger partial charge in [-0.25, -0.2) is 0 Å². The smallest absolute Gasteiger partial charge is 0.230 e. The molecule has 0 radical (unpaired) electrons. The molecule has 120 valence electrons. The lowest BCUT2D eigenvalue weighted by Crippen LogP contribution is -2.50. The van der Waals surface area contributed by atoms with Crippen molar-refractivity contribution in [3.8, 4) is 0 Å². The highest BCUT2D eigenvalue weighted by molar-refractivity contribution is 8.93. The molecule has 1 aromatic carbocycles. The van der Waals surface area contributed by atoms with Crippen molar-refractivity contribution in [2.24, 2.45) is 0 Å². The van der Waals surface area contributed by atoms with E-state index in [4.69, 9.17) is 11.6 Å². The van der Waals surface area contributed by atoms with Crippen LogP contribution in [0.3, 0.4) is 0 Å². The average Bonchev–Trinajstić information content (AvgIpc) is 3.21. The Balaban J connectivity index is 0.00000144. The first-order chi connectivity index (χ1) is 10.2. The van der Waals surface area contributed by atoms with Crippen LogP contribution in [0.2, 0.25) is 5.02 Å². The van der Waals surface area contributed by atoms with E-state index in [1.54, 1.807) is 0 Å². The van der Waals surface area contributed by atoms with Crippen LogP contribution in [0.25, 0.3) is 0 Å². The first-order valence-corrected chi connectivity index (χ1v) is 8.37. The second kappa shape index (κ2) is 6.14. The Morgan fingerprint density at radius 2 is 1.73 bits per heavy atom. The molecule has 1 unspecified atom stereocenters. The van der Waals surface area contributed by atoms with E-state index in [-0.39, 0.29) is 28.3 Å². The van der Waals surface area contributed by atoms with Crippen molar-refractivity contribution < 1.29 is 4.79 Å². The first kappa shape index (κ1) is 16.3. The van der Waals surface area contributed by atoms with Gasteiger partial charge in [0.1, 0.15) is 0 Å².